The Morgan fingerprint density at radius 2 is 0.950 bits per heavy atom. The van der Waals surface area contributed by atoms with E-state index in [1.54, 1.807) is 14.2 Å². The SMILES string of the molecule is COc1ccc(/C(Cl)=C(/Cl)c2ccc(OC)cc2)cc1. The van der Waals surface area contributed by atoms with Crippen LogP contribution in [-0.2, 0) is 0 Å². The van der Waals surface area contributed by atoms with Crippen LogP contribution in [0.2, 0.25) is 0 Å². The summed E-state index contributed by atoms with van der Waals surface area (Å²) < 4.78 is 10.2. The fraction of sp³-hybridized carbons (Fsp3) is 0.125. The maximum absolute atomic E-state index is 6.34. The van der Waals surface area contributed by atoms with Gasteiger partial charge >= 0.3 is 0 Å². The predicted molar refractivity (Wildman–Crippen MR) is 84.5 cm³/mol. The molecule has 2 nitrogen and oxygen atoms in total. The third-order valence-corrected chi connectivity index (χ3v) is 3.79. The molecule has 2 rings (SSSR count). The van der Waals surface area contributed by atoms with Crippen molar-refractivity contribution >= 4 is 33.3 Å². The van der Waals surface area contributed by atoms with E-state index in [0.717, 1.165) is 22.6 Å². The largest absolute Gasteiger partial charge is 0.497 e. The first-order valence-corrected chi connectivity index (χ1v) is 6.75. The van der Waals surface area contributed by atoms with Crippen molar-refractivity contribution < 1.29 is 9.47 Å². The van der Waals surface area contributed by atoms with Crippen molar-refractivity contribution in [3.8, 4) is 11.5 Å². The fourth-order valence-electron chi connectivity index (χ4n) is 1.73. The molecule has 0 aromatic heterocycles. The maximum Gasteiger partial charge on any atom is 0.118 e. The van der Waals surface area contributed by atoms with Gasteiger partial charge in [0.05, 0.1) is 24.3 Å². The molecule has 0 aliphatic heterocycles. The van der Waals surface area contributed by atoms with Gasteiger partial charge in [-0.15, -0.1) is 0 Å². The summed E-state index contributed by atoms with van der Waals surface area (Å²) in [5.41, 5.74) is 1.68. The third kappa shape index (κ3) is 3.27. The lowest BCUT2D eigenvalue weighted by Gasteiger charge is -2.07. The molecular weight excluding hydrogens is 295 g/mol. The number of benzene rings is 2. The lowest BCUT2D eigenvalue weighted by atomic mass is 10.1. The quantitative estimate of drug-likeness (QED) is 0.739. The van der Waals surface area contributed by atoms with Gasteiger partial charge in [-0.2, -0.15) is 0 Å². The molecule has 0 atom stereocenters. The van der Waals surface area contributed by atoms with Crippen LogP contribution in [0.1, 0.15) is 11.1 Å². The summed E-state index contributed by atoms with van der Waals surface area (Å²) >= 11 is 12.7. The van der Waals surface area contributed by atoms with E-state index in [2.05, 4.69) is 0 Å². The predicted octanol–water partition coefficient (Wildman–Crippen LogP) is 5.01. The fourth-order valence-corrected chi connectivity index (χ4v) is 2.20. The van der Waals surface area contributed by atoms with E-state index in [4.69, 9.17) is 32.7 Å². The molecule has 20 heavy (non-hydrogen) atoms. The minimum absolute atomic E-state index is 0.500. The minimum atomic E-state index is 0.500. The Morgan fingerprint density at radius 3 is 1.20 bits per heavy atom. The summed E-state index contributed by atoms with van der Waals surface area (Å²) in [7, 11) is 3.24. The van der Waals surface area contributed by atoms with Crippen LogP contribution in [0.4, 0.5) is 0 Å². The summed E-state index contributed by atoms with van der Waals surface area (Å²) in [4.78, 5) is 0. The molecule has 2 aromatic rings. The second-order valence-electron chi connectivity index (χ2n) is 4.08. The highest BCUT2D eigenvalue weighted by Crippen LogP contribution is 2.33. The van der Waals surface area contributed by atoms with Crippen LogP contribution in [0.3, 0.4) is 0 Å². The number of halogens is 2. The van der Waals surface area contributed by atoms with Gasteiger partial charge in [0.2, 0.25) is 0 Å². The number of hydrogen-bond acceptors (Lipinski definition) is 2. The molecule has 0 amide bonds. The van der Waals surface area contributed by atoms with Crippen LogP contribution in [0.15, 0.2) is 48.5 Å². The summed E-state index contributed by atoms with van der Waals surface area (Å²) in [5, 5.41) is 0.999. The molecule has 4 heteroatoms. The van der Waals surface area contributed by atoms with Gasteiger partial charge in [0.1, 0.15) is 11.5 Å². The summed E-state index contributed by atoms with van der Waals surface area (Å²) in [5.74, 6) is 1.55. The minimum Gasteiger partial charge on any atom is -0.497 e. The Bertz CT molecular complexity index is 546. The van der Waals surface area contributed by atoms with E-state index in [1.165, 1.54) is 0 Å². The Hall–Kier alpha value is -1.64. The molecule has 0 saturated heterocycles. The van der Waals surface area contributed by atoms with E-state index in [9.17, 15) is 0 Å². The Balaban J connectivity index is 2.32. The lowest BCUT2D eigenvalue weighted by Crippen LogP contribution is -1.86. The van der Waals surface area contributed by atoms with Crippen molar-refractivity contribution in [2.75, 3.05) is 14.2 Å². The highest BCUT2D eigenvalue weighted by Gasteiger charge is 2.08. The number of rotatable bonds is 4. The van der Waals surface area contributed by atoms with Crippen molar-refractivity contribution in [3.05, 3.63) is 59.7 Å². The van der Waals surface area contributed by atoms with E-state index >= 15 is 0 Å². The molecule has 0 aliphatic rings. The Kier molecular flexibility index (Phi) is 4.94. The topological polar surface area (TPSA) is 18.5 Å². The highest BCUT2D eigenvalue weighted by molar-refractivity contribution is 6.65. The number of hydrogen-bond donors (Lipinski definition) is 0. The summed E-state index contributed by atoms with van der Waals surface area (Å²) in [6, 6.07) is 14.8. The standard InChI is InChI=1S/C16H14Cl2O2/c1-19-13-7-3-11(4-8-13)15(17)16(18)12-5-9-14(20-2)10-6-12/h3-10H,1-2H3/b16-15-. The average Bonchev–Trinajstić information content (AvgIpc) is 2.53. The maximum atomic E-state index is 6.34. The van der Waals surface area contributed by atoms with Gasteiger partial charge in [-0.25, -0.2) is 0 Å². The number of ether oxygens (including phenoxy) is 2. The van der Waals surface area contributed by atoms with Crippen molar-refractivity contribution in [2.24, 2.45) is 0 Å². The Morgan fingerprint density at radius 1 is 0.650 bits per heavy atom. The first kappa shape index (κ1) is 14.8. The molecule has 104 valence electrons. The van der Waals surface area contributed by atoms with Gasteiger partial charge in [-0.1, -0.05) is 23.2 Å². The second kappa shape index (κ2) is 6.69. The lowest BCUT2D eigenvalue weighted by molar-refractivity contribution is 0.414. The number of methoxy groups -OCH3 is 2. The summed E-state index contributed by atoms with van der Waals surface area (Å²) in [6.45, 7) is 0. The normalized spacial score (nSPS) is 11.8. The zero-order chi connectivity index (χ0) is 14.5. The van der Waals surface area contributed by atoms with Gasteiger partial charge in [0.25, 0.3) is 0 Å². The van der Waals surface area contributed by atoms with Gasteiger partial charge in [0, 0.05) is 0 Å². The van der Waals surface area contributed by atoms with Crippen molar-refractivity contribution in [2.45, 2.75) is 0 Å². The molecule has 0 aliphatic carbocycles. The summed E-state index contributed by atoms with van der Waals surface area (Å²) in [6.07, 6.45) is 0. The van der Waals surface area contributed by atoms with Crippen molar-refractivity contribution in [1.82, 2.24) is 0 Å². The first-order valence-electron chi connectivity index (χ1n) is 6.00. The molecule has 0 saturated carbocycles. The van der Waals surface area contributed by atoms with E-state index in [1.807, 2.05) is 48.5 Å². The van der Waals surface area contributed by atoms with E-state index in [-0.39, 0.29) is 0 Å². The van der Waals surface area contributed by atoms with Crippen LogP contribution in [0, 0.1) is 0 Å². The molecule has 0 spiro atoms. The monoisotopic (exact) mass is 308 g/mol. The van der Waals surface area contributed by atoms with Crippen molar-refractivity contribution in [1.29, 1.82) is 0 Å². The smallest absolute Gasteiger partial charge is 0.118 e. The van der Waals surface area contributed by atoms with Gasteiger partial charge in [-0.05, 0) is 59.7 Å². The zero-order valence-electron chi connectivity index (χ0n) is 11.2. The molecule has 0 bridgehead atoms. The average molecular weight is 309 g/mol. The van der Waals surface area contributed by atoms with Gasteiger partial charge in [0.15, 0.2) is 0 Å². The van der Waals surface area contributed by atoms with Gasteiger partial charge < -0.3 is 9.47 Å². The molecule has 0 unspecified atom stereocenters. The van der Waals surface area contributed by atoms with Crippen molar-refractivity contribution in [3.63, 3.8) is 0 Å². The first-order chi connectivity index (χ1) is 9.65. The van der Waals surface area contributed by atoms with Gasteiger partial charge in [-0.3, -0.25) is 0 Å². The van der Waals surface area contributed by atoms with Crippen LogP contribution < -0.4 is 9.47 Å². The molecule has 0 N–H and O–H groups in total. The molecule has 0 fully saturated rings. The van der Waals surface area contributed by atoms with Crippen LogP contribution >= 0.6 is 23.2 Å². The van der Waals surface area contributed by atoms with Crippen LogP contribution in [0.25, 0.3) is 10.1 Å². The third-order valence-electron chi connectivity index (χ3n) is 2.88. The zero-order valence-corrected chi connectivity index (χ0v) is 12.7. The molecular formula is C16H14Cl2O2. The second-order valence-corrected chi connectivity index (χ2v) is 4.84. The van der Waals surface area contributed by atoms with Crippen LogP contribution in [0.5, 0.6) is 11.5 Å². The molecule has 0 radical (unpaired) electrons. The highest BCUT2D eigenvalue weighted by atomic mass is 35.5. The molecule has 0 heterocycles. The molecule has 2 aromatic carbocycles. The Labute approximate surface area is 128 Å². The van der Waals surface area contributed by atoms with E-state index in [0.29, 0.717) is 10.1 Å². The van der Waals surface area contributed by atoms with E-state index < -0.39 is 0 Å². The van der Waals surface area contributed by atoms with Crippen LogP contribution in [-0.4, -0.2) is 14.2 Å².